The summed E-state index contributed by atoms with van der Waals surface area (Å²) in [6, 6.07) is 3.34. The molecule has 1 aliphatic rings. The van der Waals surface area contributed by atoms with Gasteiger partial charge in [0.15, 0.2) is 0 Å². The van der Waals surface area contributed by atoms with Crippen LogP contribution in [0.15, 0.2) is 40.4 Å². The van der Waals surface area contributed by atoms with E-state index in [0.717, 1.165) is 19.4 Å². The number of aryl methyl sites for hydroxylation is 1. The van der Waals surface area contributed by atoms with Gasteiger partial charge in [-0.25, -0.2) is 13.4 Å². The van der Waals surface area contributed by atoms with Gasteiger partial charge in [-0.3, -0.25) is 4.79 Å². The number of hydrogen-bond donors (Lipinski definition) is 1. The molecule has 3 heterocycles. The largest absolute Gasteiger partial charge is 0.356 e. The molecule has 1 N–H and O–H groups in total. The van der Waals surface area contributed by atoms with Gasteiger partial charge in [-0.15, -0.1) is 11.3 Å². The minimum absolute atomic E-state index is 0.0586. The van der Waals surface area contributed by atoms with Crippen molar-refractivity contribution in [3.8, 4) is 0 Å². The number of rotatable bonds is 7. The molecule has 1 amide bonds. The first kappa shape index (κ1) is 18.1. The van der Waals surface area contributed by atoms with E-state index in [1.54, 1.807) is 30.0 Å². The van der Waals surface area contributed by atoms with Crippen molar-refractivity contribution >= 4 is 27.3 Å². The van der Waals surface area contributed by atoms with Gasteiger partial charge in [0, 0.05) is 38.6 Å². The number of carbonyl (C=O) groups excluding carboxylic acids is 1. The van der Waals surface area contributed by atoms with Crippen molar-refractivity contribution in [2.24, 2.45) is 5.92 Å². The van der Waals surface area contributed by atoms with Crippen molar-refractivity contribution < 1.29 is 13.2 Å². The number of imidazole rings is 1. The Labute approximate surface area is 151 Å². The first-order valence-corrected chi connectivity index (χ1v) is 10.7. The van der Waals surface area contributed by atoms with E-state index in [9.17, 15) is 13.2 Å². The second kappa shape index (κ2) is 8.11. The molecule has 9 heteroatoms. The molecular formula is C16H22N4O3S2. The zero-order chi connectivity index (χ0) is 17.7. The summed E-state index contributed by atoms with van der Waals surface area (Å²) in [6.45, 7) is 2.10. The molecule has 0 aliphatic carbocycles. The minimum atomic E-state index is -3.48. The molecule has 1 fully saturated rings. The Balaban J connectivity index is 1.49. The van der Waals surface area contributed by atoms with E-state index < -0.39 is 10.0 Å². The normalized spacial score (nSPS) is 19.0. The summed E-state index contributed by atoms with van der Waals surface area (Å²) in [4.78, 5) is 16.3. The molecule has 0 aromatic carbocycles. The molecule has 7 nitrogen and oxygen atoms in total. The van der Waals surface area contributed by atoms with Crippen LogP contribution in [-0.2, 0) is 21.4 Å². The summed E-state index contributed by atoms with van der Waals surface area (Å²) in [6.07, 6.45) is 7.60. The number of sulfonamides is 1. The first-order valence-electron chi connectivity index (χ1n) is 8.34. The zero-order valence-electron chi connectivity index (χ0n) is 13.9. The van der Waals surface area contributed by atoms with Crippen molar-refractivity contribution in [2.45, 2.75) is 30.0 Å². The van der Waals surface area contributed by atoms with E-state index in [4.69, 9.17) is 0 Å². The summed E-state index contributed by atoms with van der Waals surface area (Å²) in [7, 11) is -3.48. The van der Waals surface area contributed by atoms with Gasteiger partial charge >= 0.3 is 0 Å². The average Bonchev–Trinajstić information content (AvgIpc) is 3.32. The maximum absolute atomic E-state index is 12.6. The third kappa shape index (κ3) is 4.47. The number of aromatic nitrogens is 2. The maximum Gasteiger partial charge on any atom is 0.252 e. The van der Waals surface area contributed by atoms with Gasteiger partial charge in [-0.2, -0.15) is 4.31 Å². The summed E-state index contributed by atoms with van der Waals surface area (Å²) < 4.78 is 29.0. The fourth-order valence-electron chi connectivity index (χ4n) is 2.95. The highest BCUT2D eigenvalue weighted by Crippen LogP contribution is 2.26. The van der Waals surface area contributed by atoms with Crippen LogP contribution in [0.2, 0.25) is 0 Å². The topological polar surface area (TPSA) is 84.3 Å². The Morgan fingerprint density at radius 3 is 3.04 bits per heavy atom. The van der Waals surface area contributed by atoms with E-state index in [0.29, 0.717) is 23.7 Å². The number of nitrogens with one attached hydrogen (secondary N) is 1. The van der Waals surface area contributed by atoms with Crippen LogP contribution < -0.4 is 5.32 Å². The van der Waals surface area contributed by atoms with Crippen LogP contribution in [0.25, 0.3) is 0 Å². The fraction of sp³-hybridized carbons (Fsp3) is 0.500. The summed E-state index contributed by atoms with van der Waals surface area (Å²) in [5, 5.41) is 4.68. The Kier molecular flexibility index (Phi) is 5.87. The molecule has 2 aromatic heterocycles. The third-order valence-corrected chi connectivity index (χ3v) is 7.53. The Bertz CT molecular complexity index is 772. The zero-order valence-corrected chi connectivity index (χ0v) is 15.5. The Morgan fingerprint density at radius 1 is 1.44 bits per heavy atom. The molecule has 25 heavy (non-hydrogen) atoms. The number of nitrogens with zero attached hydrogens (tertiary/aromatic N) is 3. The van der Waals surface area contributed by atoms with E-state index in [1.165, 1.54) is 15.6 Å². The molecule has 0 bridgehead atoms. The molecular weight excluding hydrogens is 360 g/mol. The second-order valence-electron chi connectivity index (χ2n) is 6.08. The summed E-state index contributed by atoms with van der Waals surface area (Å²) in [5.74, 6) is -0.339. The van der Waals surface area contributed by atoms with E-state index in [-0.39, 0.29) is 18.4 Å². The highest BCUT2D eigenvalue weighted by atomic mass is 32.2. The third-order valence-electron chi connectivity index (χ3n) is 4.30. The molecule has 3 rings (SSSR count). The highest BCUT2D eigenvalue weighted by molar-refractivity contribution is 7.91. The monoisotopic (exact) mass is 382 g/mol. The average molecular weight is 383 g/mol. The minimum Gasteiger partial charge on any atom is -0.356 e. The SMILES string of the molecule is O=C(NCCCn1ccnc1)[C@@H]1CCCN(S(=O)(=O)c2cccs2)C1. The van der Waals surface area contributed by atoms with E-state index in [2.05, 4.69) is 10.3 Å². The van der Waals surface area contributed by atoms with Crippen molar-refractivity contribution in [1.82, 2.24) is 19.2 Å². The quantitative estimate of drug-likeness (QED) is 0.737. The van der Waals surface area contributed by atoms with Crippen molar-refractivity contribution in [3.63, 3.8) is 0 Å². The van der Waals surface area contributed by atoms with E-state index >= 15 is 0 Å². The van der Waals surface area contributed by atoms with Crippen LogP contribution in [0.1, 0.15) is 19.3 Å². The maximum atomic E-state index is 12.6. The van der Waals surface area contributed by atoms with Crippen molar-refractivity contribution in [2.75, 3.05) is 19.6 Å². The lowest BCUT2D eigenvalue weighted by atomic mass is 9.99. The lowest BCUT2D eigenvalue weighted by Crippen LogP contribution is -2.45. The van der Waals surface area contributed by atoms with Crippen molar-refractivity contribution in [3.05, 3.63) is 36.2 Å². The molecule has 136 valence electrons. The van der Waals surface area contributed by atoms with Crippen molar-refractivity contribution in [1.29, 1.82) is 0 Å². The van der Waals surface area contributed by atoms with Gasteiger partial charge in [0.05, 0.1) is 12.2 Å². The summed E-state index contributed by atoms with van der Waals surface area (Å²) in [5.41, 5.74) is 0. The Hall–Kier alpha value is -1.71. The van der Waals surface area contributed by atoms with Crippen LogP contribution in [0.5, 0.6) is 0 Å². The first-order chi connectivity index (χ1) is 12.1. The van der Waals surface area contributed by atoms with Gasteiger partial charge in [0.1, 0.15) is 4.21 Å². The fourth-order valence-corrected chi connectivity index (χ4v) is 5.62. The molecule has 0 radical (unpaired) electrons. The number of amides is 1. The van der Waals surface area contributed by atoms with Crippen LogP contribution in [-0.4, -0.2) is 47.8 Å². The molecule has 1 saturated heterocycles. The predicted molar refractivity (Wildman–Crippen MR) is 95.7 cm³/mol. The smallest absolute Gasteiger partial charge is 0.252 e. The van der Waals surface area contributed by atoms with Crippen LogP contribution in [0.3, 0.4) is 0 Å². The Morgan fingerprint density at radius 2 is 2.32 bits per heavy atom. The number of thiophene rings is 1. The van der Waals surface area contributed by atoms with Crippen LogP contribution >= 0.6 is 11.3 Å². The number of carbonyl (C=O) groups is 1. The molecule has 1 aliphatic heterocycles. The lowest BCUT2D eigenvalue weighted by molar-refractivity contribution is -0.126. The number of hydrogen-bond acceptors (Lipinski definition) is 5. The molecule has 1 atom stereocenters. The lowest BCUT2D eigenvalue weighted by Gasteiger charge is -2.30. The second-order valence-corrected chi connectivity index (χ2v) is 9.19. The van der Waals surface area contributed by atoms with Crippen LogP contribution in [0.4, 0.5) is 0 Å². The van der Waals surface area contributed by atoms with Gasteiger partial charge in [-0.1, -0.05) is 6.07 Å². The number of piperidine rings is 1. The van der Waals surface area contributed by atoms with Gasteiger partial charge in [0.2, 0.25) is 5.91 Å². The standard InChI is InChI=1S/C16H22N4O3S2/c21-16(18-6-3-8-19-10-7-17-13-19)14-4-1-9-20(12-14)25(22,23)15-5-2-11-24-15/h2,5,7,10-11,13-14H,1,3-4,6,8-9,12H2,(H,18,21)/t14-/m1/s1. The highest BCUT2D eigenvalue weighted by Gasteiger charge is 2.33. The molecule has 0 saturated carbocycles. The molecule has 0 spiro atoms. The van der Waals surface area contributed by atoms with Gasteiger partial charge in [0.25, 0.3) is 10.0 Å². The van der Waals surface area contributed by atoms with Gasteiger partial charge in [-0.05, 0) is 30.7 Å². The van der Waals surface area contributed by atoms with Gasteiger partial charge < -0.3 is 9.88 Å². The molecule has 2 aromatic rings. The van der Waals surface area contributed by atoms with Crippen LogP contribution in [0, 0.1) is 5.92 Å². The molecule has 0 unspecified atom stereocenters. The van der Waals surface area contributed by atoms with E-state index in [1.807, 2.05) is 10.8 Å². The summed E-state index contributed by atoms with van der Waals surface area (Å²) >= 11 is 1.21. The predicted octanol–water partition coefficient (Wildman–Crippen LogP) is 1.55.